The average Bonchev–Trinajstić information content (AvgIpc) is 2.48. The van der Waals surface area contributed by atoms with E-state index < -0.39 is 14.6 Å². The van der Waals surface area contributed by atoms with Crippen LogP contribution in [0.3, 0.4) is 0 Å². The molecule has 1 aromatic carbocycles. The minimum Gasteiger partial charge on any atom is -0.340 e. The van der Waals surface area contributed by atoms with Crippen LogP contribution in [0, 0.1) is 6.92 Å². The van der Waals surface area contributed by atoms with Crippen LogP contribution in [0.25, 0.3) is 0 Å². The number of piperidine rings is 1. The Kier molecular flexibility index (Phi) is 4.92. The highest BCUT2D eigenvalue weighted by Gasteiger charge is 2.49. The molecule has 0 saturated carbocycles. The number of hydrogen-bond donors (Lipinski definition) is 1. The molecule has 1 aliphatic heterocycles. The van der Waals surface area contributed by atoms with Crippen molar-refractivity contribution in [1.82, 2.24) is 10.2 Å². The summed E-state index contributed by atoms with van der Waals surface area (Å²) in [6.07, 6.45) is 1.85. The normalized spacial score (nSPS) is 18.0. The molecule has 122 valence electrons. The number of carbonyl (C=O) groups excluding carboxylic acids is 1. The SMILES string of the molecule is Cc1ccccc1CN(C)C(=O)C1(S(C)(=O)=O)CCNCC1. The van der Waals surface area contributed by atoms with Crippen molar-refractivity contribution >= 4 is 15.7 Å². The van der Waals surface area contributed by atoms with Gasteiger partial charge in [0, 0.05) is 19.8 Å². The smallest absolute Gasteiger partial charge is 0.244 e. The molecule has 0 unspecified atom stereocenters. The van der Waals surface area contributed by atoms with Crippen LogP contribution < -0.4 is 5.32 Å². The third kappa shape index (κ3) is 3.17. The van der Waals surface area contributed by atoms with E-state index in [0.29, 0.717) is 32.5 Å². The first kappa shape index (κ1) is 17.0. The summed E-state index contributed by atoms with van der Waals surface area (Å²) in [5.74, 6) is -0.292. The molecule has 1 heterocycles. The minimum atomic E-state index is -3.47. The third-order valence-corrected chi connectivity index (χ3v) is 6.53. The first-order chi connectivity index (χ1) is 10.3. The number of benzene rings is 1. The number of carbonyl (C=O) groups is 1. The second kappa shape index (κ2) is 6.38. The summed E-state index contributed by atoms with van der Waals surface area (Å²) in [4.78, 5) is 14.5. The summed E-state index contributed by atoms with van der Waals surface area (Å²) in [5.41, 5.74) is 2.14. The number of rotatable bonds is 4. The lowest BCUT2D eigenvalue weighted by Gasteiger charge is -2.37. The second-order valence-electron chi connectivity index (χ2n) is 6.10. The molecule has 0 radical (unpaired) electrons. The molecule has 1 saturated heterocycles. The highest BCUT2D eigenvalue weighted by molar-refractivity contribution is 7.92. The fourth-order valence-corrected chi connectivity index (χ4v) is 4.46. The molecule has 1 amide bonds. The van der Waals surface area contributed by atoms with Gasteiger partial charge in [-0.15, -0.1) is 0 Å². The summed E-state index contributed by atoms with van der Waals surface area (Å²) >= 11 is 0. The lowest BCUT2D eigenvalue weighted by Crippen LogP contribution is -2.57. The van der Waals surface area contributed by atoms with Crippen LogP contribution in [-0.4, -0.2) is 50.4 Å². The van der Waals surface area contributed by atoms with Crippen molar-refractivity contribution in [3.63, 3.8) is 0 Å². The predicted octanol–water partition coefficient (Wildman–Crippen LogP) is 1.12. The van der Waals surface area contributed by atoms with E-state index in [1.165, 1.54) is 6.26 Å². The van der Waals surface area contributed by atoms with Gasteiger partial charge >= 0.3 is 0 Å². The first-order valence-corrected chi connectivity index (χ1v) is 9.37. The van der Waals surface area contributed by atoms with Crippen molar-refractivity contribution in [1.29, 1.82) is 0 Å². The quantitative estimate of drug-likeness (QED) is 0.901. The largest absolute Gasteiger partial charge is 0.340 e. The van der Waals surface area contributed by atoms with Crippen molar-refractivity contribution in [3.8, 4) is 0 Å². The van der Waals surface area contributed by atoms with E-state index in [1.54, 1.807) is 11.9 Å². The fourth-order valence-electron chi connectivity index (χ4n) is 3.04. The molecule has 1 aromatic rings. The lowest BCUT2D eigenvalue weighted by molar-refractivity contribution is -0.134. The van der Waals surface area contributed by atoms with E-state index in [0.717, 1.165) is 11.1 Å². The molecule has 0 spiro atoms. The maximum absolute atomic E-state index is 12.9. The van der Waals surface area contributed by atoms with Gasteiger partial charge in [0.1, 0.15) is 0 Å². The highest BCUT2D eigenvalue weighted by atomic mass is 32.2. The molecule has 2 rings (SSSR count). The number of nitrogens with zero attached hydrogens (tertiary/aromatic N) is 1. The van der Waals surface area contributed by atoms with E-state index in [9.17, 15) is 13.2 Å². The predicted molar refractivity (Wildman–Crippen MR) is 87.3 cm³/mol. The van der Waals surface area contributed by atoms with Crippen LogP contribution in [0.15, 0.2) is 24.3 Å². The van der Waals surface area contributed by atoms with Crippen LogP contribution in [0.4, 0.5) is 0 Å². The molecule has 22 heavy (non-hydrogen) atoms. The maximum atomic E-state index is 12.9. The van der Waals surface area contributed by atoms with Crippen molar-refractivity contribution in [3.05, 3.63) is 35.4 Å². The maximum Gasteiger partial charge on any atom is 0.244 e. The molecule has 1 N–H and O–H groups in total. The summed E-state index contributed by atoms with van der Waals surface area (Å²) in [6.45, 7) is 3.52. The van der Waals surface area contributed by atoms with Crippen LogP contribution in [-0.2, 0) is 21.2 Å². The number of sulfone groups is 1. The second-order valence-corrected chi connectivity index (χ2v) is 8.43. The zero-order valence-corrected chi connectivity index (χ0v) is 14.2. The number of nitrogens with one attached hydrogen (secondary N) is 1. The molecule has 0 bridgehead atoms. The van der Waals surface area contributed by atoms with Crippen molar-refractivity contribution in [2.45, 2.75) is 31.1 Å². The topological polar surface area (TPSA) is 66.5 Å². The van der Waals surface area contributed by atoms with Gasteiger partial charge in [-0.3, -0.25) is 4.79 Å². The highest BCUT2D eigenvalue weighted by Crippen LogP contribution is 2.30. The molecule has 1 fully saturated rings. The van der Waals surface area contributed by atoms with Gasteiger partial charge in [0.15, 0.2) is 14.6 Å². The zero-order chi connectivity index (χ0) is 16.4. The summed E-state index contributed by atoms with van der Waals surface area (Å²) in [7, 11) is -1.78. The third-order valence-electron chi connectivity index (χ3n) is 4.53. The van der Waals surface area contributed by atoms with Gasteiger partial charge in [-0.05, 0) is 44.0 Å². The molecule has 0 aliphatic carbocycles. The van der Waals surface area contributed by atoms with Crippen LogP contribution >= 0.6 is 0 Å². The first-order valence-electron chi connectivity index (χ1n) is 7.48. The standard InChI is InChI=1S/C16H24N2O3S/c1-13-6-4-5-7-14(13)12-18(2)15(19)16(22(3,20)21)8-10-17-11-9-16/h4-7,17H,8-12H2,1-3H3. The Morgan fingerprint density at radius 3 is 2.41 bits per heavy atom. The van der Waals surface area contributed by atoms with Gasteiger partial charge < -0.3 is 10.2 Å². The van der Waals surface area contributed by atoms with Gasteiger partial charge in [-0.25, -0.2) is 8.42 Å². The molecule has 6 heteroatoms. The van der Waals surface area contributed by atoms with E-state index in [-0.39, 0.29) is 5.91 Å². The molecular formula is C16H24N2O3S. The number of amides is 1. The average molecular weight is 324 g/mol. The van der Waals surface area contributed by atoms with Gasteiger partial charge in [-0.1, -0.05) is 24.3 Å². The lowest BCUT2D eigenvalue weighted by atomic mass is 9.95. The summed E-state index contributed by atoms with van der Waals surface area (Å²) < 4.78 is 23.3. The van der Waals surface area contributed by atoms with Gasteiger partial charge in [-0.2, -0.15) is 0 Å². The van der Waals surface area contributed by atoms with Crippen LogP contribution in [0.1, 0.15) is 24.0 Å². The monoisotopic (exact) mass is 324 g/mol. The Labute approximate surface area is 132 Å². The Morgan fingerprint density at radius 1 is 1.27 bits per heavy atom. The Morgan fingerprint density at radius 2 is 1.86 bits per heavy atom. The summed E-state index contributed by atoms with van der Waals surface area (Å²) in [6, 6.07) is 7.84. The Bertz CT molecular complexity index is 649. The van der Waals surface area contributed by atoms with Gasteiger partial charge in [0.25, 0.3) is 0 Å². The van der Waals surface area contributed by atoms with Crippen LogP contribution in [0.2, 0.25) is 0 Å². The fraction of sp³-hybridized carbons (Fsp3) is 0.562. The van der Waals surface area contributed by atoms with E-state index in [4.69, 9.17) is 0 Å². The van der Waals surface area contributed by atoms with Gasteiger partial charge in [0.2, 0.25) is 5.91 Å². The molecule has 1 aliphatic rings. The Balaban J connectivity index is 2.26. The van der Waals surface area contributed by atoms with E-state index >= 15 is 0 Å². The van der Waals surface area contributed by atoms with Crippen LogP contribution in [0.5, 0.6) is 0 Å². The number of aryl methyl sites for hydroxylation is 1. The minimum absolute atomic E-state index is 0.292. The molecule has 0 atom stereocenters. The van der Waals surface area contributed by atoms with E-state index in [2.05, 4.69) is 5.32 Å². The number of hydrogen-bond acceptors (Lipinski definition) is 4. The van der Waals surface area contributed by atoms with E-state index in [1.807, 2.05) is 31.2 Å². The van der Waals surface area contributed by atoms with Gasteiger partial charge in [0.05, 0.1) is 0 Å². The zero-order valence-electron chi connectivity index (χ0n) is 13.4. The van der Waals surface area contributed by atoms with Crippen molar-refractivity contribution in [2.75, 3.05) is 26.4 Å². The Hall–Kier alpha value is -1.40. The van der Waals surface area contributed by atoms with Crippen molar-refractivity contribution < 1.29 is 13.2 Å². The summed E-state index contributed by atoms with van der Waals surface area (Å²) in [5, 5.41) is 3.13. The molecule has 0 aromatic heterocycles. The molecular weight excluding hydrogens is 300 g/mol. The molecule has 5 nitrogen and oxygen atoms in total. The van der Waals surface area contributed by atoms with Crippen molar-refractivity contribution in [2.24, 2.45) is 0 Å².